The van der Waals surface area contributed by atoms with Gasteiger partial charge in [0.15, 0.2) is 0 Å². The second-order valence-electron chi connectivity index (χ2n) is 15.0. The Morgan fingerprint density at radius 2 is 0.724 bits per heavy atom. The first-order chi connectivity index (χ1) is 28.7. The molecule has 0 fully saturated rings. The molecule has 0 aliphatic carbocycles. The zero-order chi connectivity index (χ0) is 38.4. The van der Waals surface area contributed by atoms with E-state index in [-0.39, 0.29) is 0 Å². The molecule has 0 radical (unpaired) electrons. The Morgan fingerprint density at radius 3 is 1.36 bits per heavy atom. The van der Waals surface area contributed by atoms with Crippen LogP contribution in [-0.2, 0) is 0 Å². The average Bonchev–Trinajstić information content (AvgIpc) is 3.65. The Labute approximate surface area is 338 Å². The summed E-state index contributed by atoms with van der Waals surface area (Å²) in [7, 11) is 0. The summed E-state index contributed by atoms with van der Waals surface area (Å²) >= 11 is 0. The lowest BCUT2D eigenvalue weighted by Crippen LogP contribution is -2.09. The van der Waals surface area contributed by atoms with Gasteiger partial charge in [-0.2, -0.15) is 0 Å². The first kappa shape index (κ1) is 33.6. The smallest absolute Gasteiger partial charge is 0.0619 e. The van der Waals surface area contributed by atoms with Crippen LogP contribution in [0.25, 0.3) is 82.4 Å². The van der Waals surface area contributed by atoms with Crippen molar-refractivity contribution in [3.8, 4) is 39.1 Å². The Hall–Kier alpha value is -7.68. The number of rotatable bonds is 7. The Morgan fingerprint density at radius 1 is 0.276 bits per heavy atom. The molecule has 272 valence electrons. The number of aromatic nitrogens is 1. The van der Waals surface area contributed by atoms with Crippen molar-refractivity contribution in [2.75, 3.05) is 4.90 Å². The quantitative estimate of drug-likeness (QED) is 0.158. The summed E-state index contributed by atoms with van der Waals surface area (Å²) in [6, 6.07) is 83.6. The second-order valence-corrected chi connectivity index (χ2v) is 15.0. The topological polar surface area (TPSA) is 8.17 Å². The van der Waals surface area contributed by atoms with E-state index in [2.05, 4.69) is 240 Å². The van der Waals surface area contributed by atoms with Crippen molar-refractivity contribution >= 4 is 60.4 Å². The van der Waals surface area contributed by atoms with Crippen molar-refractivity contribution in [3.63, 3.8) is 0 Å². The van der Waals surface area contributed by atoms with Crippen LogP contribution in [0, 0.1) is 0 Å². The maximum absolute atomic E-state index is 2.42. The van der Waals surface area contributed by atoms with E-state index >= 15 is 0 Å². The van der Waals surface area contributed by atoms with Crippen molar-refractivity contribution < 1.29 is 0 Å². The molecule has 0 atom stereocenters. The molecule has 0 unspecified atom stereocenters. The third kappa shape index (κ3) is 5.91. The fourth-order valence-electron chi connectivity index (χ4n) is 8.66. The summed E-state index contributed by atoms with van der Waals surface area (Å²) in [4.78, 5) is 2.35. The van der Waals surface area contributed by atoms with Crippen molar-refractivity contribution in [2.24, 2.45) is 0 Å². The van der Waals surface area contributed by atoms with Crippen molar-refractivity contribution in [1.82, 2.24) is 4.57 Å². The van der Waals surface area contributed by atoms with E-state index in [0.717, 1.165) is 22.7 Å². The Balaban J connectivity index is 0.946. The third-order valence-corrected chi connectivity index (χ3v) is 11.6. The molecule has 0 aliphatic heterocycles. The molecule has 2 heteroatoms. The Bertz CT molecular complexity index is 3230. The largest absolute Gasteiger partial charge is 0.311 e. The van der Waals surface area contributed by atoms with Gasteiger partial charge in [-0.15, -0.1) is 0 Å². The summed E-state index contributed by atoms with van der Waals surface area (Å²) in [6.07, 6.45) is 0. The second kappa shape index (κ2) is 14.1. The molecule has 58 heavy (non-hydrogen) atoms. The molecule has 0 bridgehead atoms. The van der Waals surface area contributed by atoms with E-state index in [1.807, 2.05) is 0 Å². The summed E-state index contributed by atoms with van der Waals surface area (Å²) in [6.45, 7) is 0. The van der Waals surface area contributed by atoms with Gasteiger partial charge in [-0.3, -0.25) is 0 Å². The molecule has 0 amide bonds. The summed E-state index contributed by atoms with van der Waals surface area (Å²) < 4.78 is 2.42. The van der Waals surface area contributed by atoms with Gasteiger partial charge in [0.05, 0.1) is 11.0 Å². The van der Waals surface area contributed by atoms with Crippen LogP contribution in [0.15, 0.2) is 231 Å². The van der Waals surface area contributed by atoms with Crippen LogP contribution in [0.2, 0.25) is 0 Å². The molecule has 0 aliphatic rings. The van der Waals surface area contributed by atoms with Crippen LogP contribution < -0.4 is 4.90 Å². The van der Waals surface area contributed by atoms with E-state index in [1.165, 1.54) is 76.7 Å². The summed E-state index contributed by atoms with van der Waals surface area (Å²) in [5.74, 6) is 0. The molecule has 11 aromatic rings. The monoisotopic (exact) mass is 738 g/mol. The van der Waals surface area contributed by atoms with Gasteiger partial charge in [-0.25, -0.2) is 0 Å². The minimum atomic E-state index is 1.10. The van der Waals surface area contributed by atoms with Crippen LogP contribution in [-0.4, -0.2) is 4.57 Å². The number of fused-ring (bicyclic) bond motifs is 6. The van der Waals surface area contributed by atoms with Gasteiger partial charge in [-0.1, -0.05) is 170 Å². The highest BCUT2D eigenvalue weighted by atomic mass is 15.1. The van der Waals surface area contributed by atoms with Gasteiger partial charge in [0, 0.05) is 38.9 Å². The van der Waals surface area contributed by atoms with Gasteiger partial charge in [0.1, 0.15) is 0 Å². The van der Waals surface area contributed by atoms with Crippen LogP contribution >= 0.6 is 0 Å². The van der Waals surface area contributed by atoms with Crippen molar-refractivity contribution in [3.05, 3.63) is 231 Å². The minimum absolute atomic E-state index is 1.10. The molecule has 10 aromatic carbocycles. The predicted octanol–water partition coefficient (Wildman–Crippen LogP) is 15.6. The Kier molecular flexibility index (Phi) is 8.19. The van der Waals surface area contributed by atoms with Gasteiger partial charge in [-0.05, 0) is 110 Å². The van der Waals surface area contributed by atoms with E-state index < -0.39 is 0 Å². The maximum Gasteiger partial charge on any atom is 0.0619 e. The molecule has 0 spiro atoms. The highest BCUT2D eigenvalue weighted by molar-refractivity contribution is 6.18. The number of nitrogens with zero attached hydrogens (tertiary/aromatic N) is 2. The van der Waals surface area contributed by atoms with Crippen LogP contribution in [0.1, 0.15) is 0 Å². The first-order valence-electron chi connectivity index (χ1n) is 19.9. The van der Waals surface area contributed by atoms with E-state index in [0.29, 0.717) is 0 Å². The zero-order valence-electron chi connectivity index (χ0n) is 31.8. The lowest BCUT2D eigenvalue weighted by molar-refractivity contribution is 1.19. The molecule has 0 N–H and O–H groups in total. The molecular weight excluding hydrogens is 701 g/mol. The average molecular weight is 739 g/mol. The molecular formula is C56H38N2. The summed E-state index contributed by atoms with van der Waals surface area (Å²) in [5.41, 5.74) is 14.1. The molecule has 0 saturated heterocycles. The third-order valence-electron chi connectivity index (χ3n) is 11.6. The highest BCUT2D eigenvalue weighted by Crippen LogP contribution is 2.40. The number of para-hydroxylation sites is 1. The molecule has 1 aromatic heterocycles. The summed E-state index contributed by atoms with van der Waals surface area (Å²) in [5, 5.41) is 7.56. The number of anilines is 3. The zero-order valence-corrected chi connectivity index (χ0v) is 31.8. The molecule has 1 heterocycles. The number of hydrogen-bond donors (Lipinski definition) is 0. The normalized spacial score (nSPS) is 11.4. The fourth-order valence-corrected chi connectivity index (χ4v) is 8.66. The lowest BCUT2D eigenvalue weighted by Gasteiger charge is -2.26. The van der Waals surface area contributed by atoms with Crippen LogP contribution in [0.4, 0.5) is 17.1 Å². The number of hydrogen-bond acceptors (Lipinski definition) is 1. The van der Waals surface area contributed by atoms with Crippen LogP contribution in [0.5, 0.6) is 0 Å². The predicted molar refractivity (Wildman–Crippen MR) is 247 cm³/mol. The minimum Gasteiger partial charge on any atom is -0.311 e. The number of benzene rings is 10. The van der Waals surface area contributed by atoms with Gasteiger partial charge in [0.25, 0.3) is 0 Å². The fraction of sp³-hybridized carbons (Fsp3) is 0. The molecule has 0 saturated carbocycles. The van der Waals surface area contributed by atoms with Gasteiger partial charge >= 0.3 is 0 Å². The van der Waals surface area contributed by atoms with Gasteiger partial charge < -0.3 is 9.47 Å². The van der Waals surface area contributed by atoms with E-state index in [1.54, 1.807) is 0 Å². The van der Waals surface area contributed by atoms with E-state index in [9.17, 15) is 0 Å². The molecule has 2 nitrogen and oxygen atoms in total. The van der Waals surface area contributed by atoms with Crippen molar-refractivity contribution in [2.45, 2.75) is 0 Å². The van der Waals surface area contributed by atoms with Crippen molar-refractivity contribution in [1.29, 1.82) is 0 Å². The SMILES string of the molecule is c1ccc(-c2ccc(N(c3ccc(-c4ccc(-n5c6ccccc6c6ccc7ccccc7c65)cc4)cc3)c3ccc(-c4ccc5ccccc5c4)cc3)cc2)cc1. The van der Waals surface area contributed by atoms with Crippen LogP contribution in [0.3, 0.4) is 0 Å². The maximum atomic E-state index is 2.42. The standard InChI is InChI=1S/C56H38N2/c1-2-10-39(11-3-1)41-20-29-48(30-21-41)57(50-33-26-44(27-34-50)47-19-18-40-12-4-5-14-46(40)38-47)49-31-22-42(23-32-49)43-24-35-51(36-25-43)58-55-17-9-8-16-53(55)54-37-28-45-13-6-7-15-52(45)56(54)58/h1-38H. The first-order valence-corrected chi connectivity index (χ1v) is 19.9. The van der Waals surface area contributed by atoms with E-state index in [4.69, 9.17) is 0 Å². The van der Waals surface area contributed by atoms with Gasteiger partial charge in [0.2, 0.25) is 0 Å². The molecule has 11 rings (SSSR count). The highest BCUT2D eigenvalue weighted by Gasteiger charge is 2.16. The lowest BCUT2D eigenvalue weighted by atomic mass is 10.0.